The molecule has 2 aromatic carbocycles. The highest BCUT2D eigenvalue weighted by atomic mass is 32.2. The Labute approximate surface area is 185 Å². The van der Waals surface area contributed by atoms with Gasteiger partial charge in [0.25, 0.3) is 15.9 Å². The van der Waals surface area contributed by atoms with Crippen molar-refractivity contribution in [1.82, 2.24) is 5.32 Å². The maximum atomic E-state index is 13.6. The van der Waals surface area contributed by atoms with Crippen molar-refractivity contribution in [2.24, 2.45) is 0 Å². The molecule has 0 aliphatic carbocycles. The SMILES string of the molecule is CCCCN(c1sc2ccccc2c1C(=O)NC)S(=O)(=O)c1ccc(C(=O)OC)cc1. The number of methoxy groups -OCH3 is 1. The molecule has 0 fully saturated rings. The van der Waals surface area contributed by atoms with Gasteiger partial charge in [0.05, 0.1) is 23.1 Å². The van der Waals surface area contributed by atoms with Crippen LogP contribution in [0.2, 0.25) is 0 Å². The van der Waals surface area contributed by atoms with Gasteiger partial charge in [0.1, 0.15) is 5.00 Å². The summed E-state index contributed by atoms with van der Waals surface area (Å²) in [6, 6.07) is 13.0. The Morgan fingerprint density at radius 3 is 2.39 bits per heavy atom. The lowest BCUT2D eigenvalue weighted by Gasteiger charge is -2.24. The fraction of sp³-hybridized carbons (Fsp3) is 0.273. The van der Waals surface area contributed by atoms with Crippen molar-refractivity contribution in [2.45, 2.75) is 24.7 Å². The van der Waals surface area contributed by atoms with E-state index in [-0.39, 0.29) is 22.9 Å². The number of esters is 1. The van der Waals surface area contributed by atoms with Gasteiger partial charge in [-0.2, -0.15) is 0 Å². The Morgan fingerprint density at radius 2 is 1.77 bits per heavy atom. The van der Waals surface area contributed by atoms with Crippen molar-refractivity contribution < 1.29 is 22.7 Å². The highest BCUT2D eigenvalue weighted by Crippen LogP contribution is 2.40. The Bertz CT molecular complexity index is 1200. The zero-order valence-electron chi connectivity index (χ0n) is 17.5. The van der Waals surface area contributed by atoms with Crippen LogP contribution in [-0.2, 0) is 14.8 Å². The number of nitrogens with zero attached hydrogens (tertiary/aromatic N) is 1. The van der Waals surface area contributed by atoms with Gasteiger partial charge in [-0.1, -0.05) is 31.5 Å². The molecule has 1 heterocycles. The molecule has 1 aromatic heterocycles. The Kier molecular flexibility index (Phi) is 6.97. The molecule has 3 aromatic rings. The number of ether oxygens (including phenoxy) is 1. The summed E-state index contributed by atoms with van der Waals surface area (Å²) >= 11 is 1.27. The highest BCUT2D eigenvalue weighted by molar-refractivity contribution is 7.93. The molecule has 7 nitrogen and oxygen atoms in total. The van der Waals surface area contributed by atoms with Gasteiger partial charge in [0.15, 0.2) is 0 Å². The first-order valence-corrected chi connectivity index (χ1v) is 12.1. The molecule has 1 N–H and O–H groups in total. The first-order chi connectivity index (χ1) is 14.8. The van der Waals surface area contributed by atoms with Gasteiger partial charge in [-0.05, 0) is 36.8 Å². The second-order valence-electron chi connectivity index (χ2n) is 6.80. The smallest absolute Gasteiger partial charge is 0.337 e. The summed E-state index contributed by atoms with van der Waals surface area (Å²) in [6.45, 7) is 2.20. The van der Waals surface area contributed by atoms with Gasteiger partial charge in [-0.25, -0.2) is 13.2 Å². The summed E-state index contributed by atoms with van der Waals surface area (Å²) in [5, 5.41) is 3.71. The molecule has 0 unspecified atom stereocenters. The van der Waals surface area contributed by atoms with Crippen LogP contribution >= 0.6 is 11.3 Å². The Morgan fingerprint density at radius 1 is 1.10 bits per heavy atom. The van der Waals surface area contributed by atoms with Gasteiger partial charge in [0.2, 0.25) is 0 Å². The second-order valence-corrected chi connectivity index (χ2v) is 9.70. The van der Waals surface area contributed by atoms with Crippen molar-refractivity contribution in [3.63, 3.8) is 0 Å². The second kappa shape index (κ2) is 9.49. The zero-order valence-corrected chi connectivity index (χ0v) is 19.2. The third kappa shape index (κ3) is 4.42. The third-order valence-corrected chi connectivity index (χ3v) is 7.96. The fourth-order valence-electron chi connectivity index (χ4n) is 3.19. The fourth-order valence-corrected chi connectivity index (χ4v) is 6.15. The maximum Gasteiger partial charge on any atom is 0.337 e. The first-order valence-electron chi connectivity index (χ1n) is 9.79. The molecule has 3 rings (SSSR count). The molecule has 0 radical (unpaired) electrons. The van der Waals surface area contributed by atoms with E-state index in [1.54, 1.807) is 0 Å². The molecule has 0 spiro atoms. The molecule has 0 aliphatic heterocycles. The molecule has 0 bridgehead atoms. The number of nitrogens with one attached hydrogen (secondary N) is 1. The van der Waals surface area contributed by atoms with E-state index in [1.165, 1.54) is 54.1 Å². The van der Waals surface area contributed by atoms with Crippen LogP contribution in [0.15, 0.2) is 53.4 Å². The van der Waals surface area contributed by atoms with Gasteiger partial charge in [0, 0.05) is 23.7 Å². The number of hydrogen-bond donors (Lipinski definition) is 1. The van der Waals surface area contributed by atoms with Crippen molar-refractivity contribution in [2.75, 3.05) is 25.0 Å². The highest BCUT2D eigenvalue weighted by Gasteiger charge is 2.31. The standard InChI is InChI=1S/C22H24N2O5S2/c1-4-5-14-24(31(27,28)16-12-10-15(11-13-16)22(26)29-3)21-19(20(25)23-2)17-8-6-7-9-18(17)30-21/h6-13H,4-5,14H2,1-3H3,(H,23,25). The number of thiophene rings is 1. The van der Waals surface area contributed by atoms with Crippen LogP contribution in [0.4, 0.5) is 5.00 Å². The molecule has 9 heteroatoms. The molecule has 0 saturated heterocycles. The molecule has 31 heavy (non-hydrogen) atoms. The number of fused-ring (bicyclic) bond motifs is 1. The summed E-state index contributed by atoms with van der Waals surface area (Å²) in [6.07, 6.45) is 1.41. The number of carbonyl (C=O) groups excluding carboxylic acids is 2. The first kappa shape index (κ1) is 22.8. The third-order valence-electron chi connectivity index (χ3n) is 4.84. The summed E-state index contributed by atoms with van der Waals surface area (Å²) in [5.74, 6) is -0.886. The normalized spacial score (nSPS) is 11.3. The molecule has 0 aliphatic rings. The summed E-state index contributed by atoms with van der Waals surface area (Å²) in [4.78, 5) is 24.5. The van der Waals surface area contributed by atoms with Crippen molar-refractivity contribution in [3.05, 3.63) is 59.7 Å². The predicted octanol–water partition coefficient (Wildman–Crippen LogP) is 4.04. The zero-order chi connectivity index (χ0) is 22.6. The van der Waals surface area contributed by atoms with E-state index in [1.807, 2.05) is 31.2 Å². The topological polar surface area (TPSA) is 92.8 Å². The van der Waals surface area contributed by atoms with E-state index in [4.69, 9.17) is 0 Å². The number of carbonyl (C=O) groups is 2. The Hall–Kier alpha value is -2.91. The minimum absolute atomic E-state index is 0.0385. The number of rotatable bonds is 8. The molecule has 1 amide bonds. The number of unbranched alkanes of at least 4 members (excludes halogenated alkanes) is 1. The van der Waals surface area contributed by atoms with Gasteiger partial charge in [-0.3, -0.25) is 9.10 Å². The van der Waals surface area contributed by atoms with Crippen molar-refractivity contribution >= 4 is 48.3 Å². The van der Waals surface area contributed by atoms with E-state index in [0.717, 1.165) is 11.1 Å². The van der Waals surface area contributed by atoms with Gasteiger partial charge < -0.3 is 10.1 Å². The van der Waals surface area contributed by atoms with E-state index in [9.17, 15) is 18.0 Å². The summed E-state index contributed by atoms with van der Waals surface area (Å²) in [5.41, 5.74) is 0.600. The lowest BCUT2D eigenvalue weighted by molar-refractivity contribution is 0.0600. The molecule has 0 atom stereocenters. The summed E-state index contributed by atoms with van der Waals surface area (Å²) in [7, 11) is -1.19. The predicted molar refractivity (Wildman–Crippen MR) is 122 cm³/mol. The van der Waals surface area contributed by atoms with E-state index in [0.29, 0.717) is 22.4 Å². The minimum atomic E-state index is -3.98. The quantitative estimate of drug-likeness (QED) is 0.512. The number of amides is 1. The number of anilines is 1. The monoisotopic (exact) mass is 460 g/mol. The van der Waals surface area contributed by atoms with Crippen LogP contribution in [0.5, 0.6) is 0 Å². The minimum Gasteiger partial charge on any atom is -0.465 e. The van der Waals surface area contributed by atoms with Gasteiger partial charge in [-0.15, -0.1) is 11.3 Å². The Balaban J connectivity index is 2.16. The molecule has 164 valence electrons. The lowest BCUT2D eigenvalue weighted by Crippen LogP contribution is -2.33. The number of sulfonamides is 1. The molecular weight excluding hydrogens is 436 g/mol. The van der Waals surface area contributed by atoms with E-state index < -0.39 is 16.0 Å². The van der Waals surface area contributed by atoms with Crippen molar-refractivity contribution in [1.29, 1.82) is 0 Å². The molecular formula is C22H24N2O5S2. The van der Waals surface area contributed by atoms with Crippen LogP contribution in [0, 0.1) is 0 Å². The van der Waals surface area contributed by atoms with Gasteiger partial charge >= 0.3 is 5.97 Å². The lowest BCUT2D eigenvalue weighted by atomic mass is 10.1. The average molecular weight is 461 g/mol. The van der Waals surface area contributed by atoms with E-state index in [2.05, 4.69) is 10.1 Å². The average Bonchev–Trinajstić information content (AvgIpc) is 3.17. The summed E-state index contributed by atoms with van der Waals surface area (Å²) < 4.78 is 34.0. The van der Waals surface area contributed by atoms with Crippen LogP contribution in [0.1, 0.15) is 40.5 Å². The van der Waals surface area contributed by atoms with E-state index >= 15 is 0 Å². The maximum absolute atomic E-state index is 13.6. The van der Waals surface area contributed by atoms with Crippen molar-refractivity contribution in [3.8, 4) is 0 Å². The molecule has 0 saturated carbocycles. The largest absolute Gasteiger partial charge is 0.465 e. The van der Waals surface area contributed by atoms with Crippen LogP contribution in [0.3, 0.4) is 0 Å². The van der Waals surface area contributed by atoms with Crippen LogP contribution in [-0.4, -0.2) is 41.0 Å². The number of hydrogen-bond acceptors (Lipinski definition) is 6. The number of benzene rings is 2. The van der Waals surface area contributed by atoms with Crippen LogP contribution < -0.4 is 9.62 Å². The van der Waals surface area contributed by atoms with Crippen LogP contribution in [0.25, 0.3) is 10.1 Å².